The number of hydrogen-bond donors (Lipinski definition) is 2. The zero-order valence-corrected chi connectivity index (χ0v) is 19.3. The number of nitrogens with one attached hydrogen (secondary N) is 1. The van der Waals surface area contributed by atoms with Gasteiger partial charge in [0.15, 0.2) is 5.89 Å². The summed E-state index contributed by atoms with van der Waals surface area (Å²) >= 11 is 12.4. The van der Waals surface area contributed by atoms with Crippen LogP contribution in [-0.2, 0) is 17.6 Å². The van der Waals surface area contributed by atoms with E-state index in [4.69, 9.17) is 27.6 Å². The zero-order valence-electron chi connectivity index (χ0n) is 17.8. The molecular formula is C24H24Cl2N2O4. The summed E-state index contributed by atoms with van der Waals surface area (Å²) in [5.41, 5.74) is 2.68. The van der Waals surface area contributed by atoms with Crippen molar-refractivity contribution >= 4 is 35.1 Å². The van der Waals surface area contributed by atoms with Gasteiger partial charge in [-0.2, -0.15) is 0 Å². The van der Waals surface area contributed by atoms with Gasteiger partial charge >= 0.3 is 5.97 Å². The van der Waals surface area contributed by atoms with Crippen LogP contribution in [0.25, 0.3) is 11.1 Å². The molecule has 1 aromatic heterocycles. The van der Waals surface area contributed by atoms with Crippen LogP contribution in [0.15, 0.2) is 53.1 Å². The number of carbonyl (C=O) groups excluding carboxylic acids is 1. The molecule has 2 atom stereocenters. The summed E-state index contributed by atoms with van der Waals surface area (Å²) < 4.78 is 5.42. The van der Waals surface area contributed by atoms with E-state index >= 15 is 0 Å². The standard InChI is InChI=1S/C24H24Cl2N2O4/c1-3-22-27-13-21(32-22)23(29)28-18(10-14(2)24(30)31)11-15-4-6-16(7-5-15)19-12-17(25)8-9-20(19)26/h4-9,12-14,18H,3,10-11H2,1-2H3,(H,28,29)(H,30,31)/t14-,18+/m1/s1. The molecule has 3 aromatic rings. The Morgan fingerprint density at radius 3 is 2.50 bits per heavy atom. The number of aromatic nitrogens is 1. The van der Waals surface area contributed by atoms with Crippen LogP contribution in [0.5, 0.6) is 0 Å². The summed E-state index contributed by atoms with van der Waals surface area (Å²) in [6, 6.07) is 12.6. The first kappa shape index (κ1) is 23.8. The second-order valence-corrected chi connectivity index (χ2v) is 8.49. The van der Waals surface area contributed by atoms with Gasteiger partial charge in [-0.05, 0) is 42.2 Å². The molecule has 2 aromatic carbocycles. The maximum atomic E-state index is 12.6. The number of carbonyl (C=O) groups is 2. The third kappa shape index (κ3) is 6.11. The average Bonchev–Trinajstić information content (AvgIpc) is 3.25. The van der Waals surface area contributed by atoms with E-state index in [9.17, 15) is 14.7 Å². The van der Waals surface area contributed by atoms with Gasteiger partial charge in [-0.25, -0.2) is 4.98 Å². The number of nitrogens with zero attached hydrogens (tertiary/aromatic N) is 1. The van der Waals surface area contributed by atoms with Crippen molar-refractivity contribution in [2.75, 3.05) is 0 Å². The van der Waals surface area contributed by atoms with Gasteiger partial charge in [-0.15, -0.1) is 0 Å². The molecule has 0 saturated carbocycles. The zero-order chi connectivity index (χ0) is 23.3. The number of halogens is 2. The fourth-order valence-electron chi connectivity index (χ4n) is 3.38. The smallest absolute Gasteiger partial charge is 0.306 e. The molecule has 0 aliphatic rings. The topological polar surface area (TPSA) is 92.4 Å². The molecule has 0 radical (unpaired) electrons. The summed E-state index contributed by atoms with van der Waals surface area (Å²) in [6.45, 7) is 3.50. The minimum absolute atomic E-state index is 0.112. The monoisotopic (exact) mass is 474 g/mol. The first-order valence-corrected chi connectivity index (χ1v) is 11.0. The van der Waals surface area contributed by atoms with E-state index in [1.54, 1.807) is 25.1 Å². The first-order chi connectivity index (χ1) is 15.3. The molecule has 168 valence electrons. The van der Waals surface area contributed by atoms with E-state index in [1.807, 2.05) is 31.2 Å². The van der Waals surface area contributed by atoms with Gasteiger partial charge in [-0.1, -0.05) is 61.3 Å². The normalized spacial score (nSPS) is 12.9. The second kappa shape index (κ2) is 10.7. The van der Waals surface area contributed by atoms with E-state index < -0.39 is 23.8 Å². The molecule has 3 rings (SSSR count). The van der Waals surface area contributed by atoms with Crippen molar-refractivity contribution in [3.63, 3.8) is 0 Å². The summed E-state index contributed by atoms with van der Waals surface area (Å²) in [7, 11) is 0. The van der Waals surface area contributed by atoms with Gasteiger partial charge < -0.3 is 14.8 Å². The lowest BCUT2D eigenvalue weighted by Gasteiger charge is -2.20. The highest BCUT2D eigenvalue weighted by molar-refractivity contribution is 6.35. The van der Waals surface area contributed by atoms with Crippen LogP contribution in [0, 0.1) is 5.92 Å². The van der Waals surface area contributed by atoms with Crippen molar-refractivity contribution in [2.24, 2.45) is 5.92 Å². The van der Waals surface area contributed by atoms with Gasteiger partial charge in [0, 0.05) is 28.1 Å². The SMILES string of the molecule is CCc1ncc(C(=O)N[C@H](Cc2ccc(-c3cc(Cl)ccc3Cl)cc2)C[C@@H](C)C(=O)O)o1. The molecule has 0 bridgehead atoms. The predicted octanol–water partition coefficient (Wildman–Crippen LogP) is 5.66. The molecule has 6 nitrogen and oxygen atoms in total. The van der Waals surface area contributed by atoms with Crippen molar-refractivity contribution in [2.45, 2.75) is 39.2 Å². The third-order valence-corrected chi connectivity index (χ3v) is 5.71. The summed E-state index contributed by atoms with van der Waals surface area (Å²) in [5.74, 6) is -1.36. The van der Waals surface area contributed by atoms with Crippen molar-refractivity contribution in [1.82, 2.24) is 10.3 Å². The Hall–Kier alpha value is -2.83. The molecule has 1 heterocycles. The summed E-state index contributed by atoms with van der Waals surface area (Å²) in [5, 5.41) is 13.4. The van der Waals surface area contributed by atoms with Gasteiger partial charge in [0.2, 0.25) is 5.76 Å². The number of aryl methyl sites for hydroxylation is 1. The maximum Gasteiger partial charge on any atom is 0.306 e. The fraction of sp³-hybridized carbons (Fsp3) is 0.292. The van der Waals surface area contributed by atoms with E-state index in [0.29, 0.717) is 28.8 Å². The van der Waals surface area contributed by atoms with Crippen molar-refractivity contribution < 1.29 is 19.1 Å². The third-order valence-electron chi connectivity index (χ3n) is 5.15. The van der Waals surface area contributed by atoms with Gasteiger partial charge in [0.05, 0.1) is 12.1 Å². The fourth-order valence-corrected chi connectivity index (χ4v) is 3.78. The summed E-state index contributed by atoms with van der Waals surface area (Å²) in [4.78, 5) is 28.0. The highest BCUT2D eigenvalue weighted by Crippen LogP contribution is 2.31. The minimum atomic E-state index is -0.914. The second-order valence-electron chi connectivity index (χ2n) is 7.64. The molecule has 0 fully saturated rings. The van der Waals surface area contributed by atoms with E-state index in [-0.39, 0.29) is 12.2 Å². The Kier molecular flexibility index (Phi) is 7.94. The molecule has 0 aliphatic carbocycles. The molecule has 2 N–H and O–H groups in total. The molecule has 8 heteroatoms. The van der Waals surface area contributed by atoms with Crippen molar-refractivity contribution in [3.05, 3.63) is 75.9 Å². The number of amides is 1. The number of carboxylic acid groups (broad SMARTS) is 1. The highest BCUT2D eigenvalue weighted by Gasteiger charge is 2.22. The average molecular weight is 475 g/mol. The Bertz CT molecular complexity index is 1100. The predicted molar refractivity (Wildman–Crippen MR) is 124 cm³/mol. The van der Waals surface area contributed by atoms with Crippen molar-refractivity contribution in [1.29, 1.82) is 0 Å². The molecule has 1 amide bonds. The van der Waals surface area contributed by atoms with Crippen LogP contribution < -0.4 is 5.32 Å². The molecule has 0 unspecified atom stereocenters. The van der Waals surface area contributed by atoms with Crippen LogP contribution in [0.4, 0.5) is 0 Å². The summed E-state index contributed by atoms with van der Waals surface area (Å²) in [6.07, 6.45) is 2.70. The Morgan fingerprint density at radius 1 is 1.16 bits per heavy atom. The largest absolute Gasteiger partial charge is 0.481 e. The Morgan fingerprint density at radius 2 is 1.88 bits per heavy atom. The number of rotatable bonds is 9. The van der Waals surface area contributed by atoms with Crippen LogP contribution in [0.3, 0.4) is 0 Å². The Labute approximate surface area is 196 Å². The molecular weight excluding hydrogens is 451 g/mol. The Balaban J connectivity index is 1.77. The minimum Gasteiger partial charge on any atom is -0.481 e. The quantitative estimate of drug-likeness (QED) is 0.417. The van der Waals surface area contributed by atoms with Crippen LogP contribution in [-0.4, -0.2) is 28.0 Å². The molecule has 0 saturated heterocycles. The number of hydrogen-bond acceptors (Lipinski definition) is 4. The van der Waals surface area contributed by atoms with Crippen LogP contribution in [0.1, 0.15) is 42.3 Å². The van der Waals surface area contributed by atoms with E-state index in [0.717, 1.165) is 16.7 Å². The number of aliphatic carboxylic acids is 1. The van der Waals surface area contributed by atoms with Gasteiger partial charge in [-0.3, -0.25) is 9.59 Å². The molecule has 0 spiro atoms. The van der Waals surface area contributed by atoms with Gasteiger partial charge in [0.25, 0.3) is 5.91 Å². The maximum absolute atomic E-state index is 12.6. The first-order valence-electron chi connectivity index (χ1n) is 10.3. The number of benzene rings is 2. The van der Waals surface area contributed by atoms with Crippen LogP contribution in [0.2, 0.25) is 10.0 Å². The number of oxazole rings is 1. The van der Waals surface area contributed by atoms with E-state index in [1.165, 1.54) is 6.20 Å². The highest BCUT2D eigenvalue weighted by atomic mass is 35.5. The van der Waals surface area contributed by atoms with Gasteiger partial charge in [0.1, 0.15) is 0 Å². The lowest BCUT2D eigenvalue weighted by Crippen LogP contribution is -2.38. The number of carboxylic acids is 1. The molecule has 32 heavy (non-hydrogen) atoms. The lowest BCUT2D eigenvalue weighted by atomic mass is 9.95. The van der Waals surface area contributed by atoms with E-state index in [2.05, 4.69) is 10.3 Å². The lowest BCUT2D eigenvalue weighted by molar-refractivity contribution is -0.141. The van der Waals surface area contributed by atoms with Crippen molar-refractivity contribution in [3.8, 4) is 11.1 Å². The van der Waals surface area contributed by atoms with Crippen LogP contribution >= 0.6 is 23.2 Å². The molecule has 0 aliphatic heterocycles.